The lowest BCUT2D eigenvalue weighted by Crippen LogP contribution is -2.18. The Bertz CT molecular complexity index is 3070. The Balaban J connectivity index is 1.17. The van der Waals surface area contributed by atoms with E-state index in [1.807, 2.05) is 0 Å². The van der Waals surface area contributed by atoms with Crippen LogP contribution in [0.25, 0.3) is 66.1 Å². The largest absolute Gasteiger partial charge is 0.310 e. The fraction of sp³-hybridized carbons (Fsp3) is 0.107. The molecule has 9 aromatic rings. The first-order chi connectivity index (χ1) is 27.8. The topological polar surface area (TPSA) is 3.24 Å². The van der Waals surface area contributed by atoms with Gasteiger partial charge in [-0.2, -0.15) is 0 Å². The molecule has 0 radical (unpaired) electrons. The Kier molecular flexibility index (Phi) is 7.32. The molecule has 2 aliphatic rings. The van der Waals surface area contributed by atoms with Crippen LogP contribution >= 0.6 is 0 Å². The minimum absolute atomic E-state index is 0.129. The lowest BCUT2D eigenvalue weighted by molar-refractivity contribution is 0.660. The van der Waals surface area contributed by atoms with Crippen molar-refractivity contribution in [2.24, 2.45) is 0 Å². The summed E-state index contributed by atoms with van der Waals surface area (Å²) in [6, 6.07) is 70.1. The molecule has 0 bridgehead atoms. The Morgan fingerprint density at radius 1 is 0.351 bits per heavy atom. The summed E-state index contributed by atoms with van der Waals surface area (Å²) in [7, 11) is 0. The lowest BCUT2D eigenvalue weighted by atomic mass is 9.81. The van der Waals surface area contributed by atoms with E-state index in [-0.39, 0.29) is 10.8 Å². The van der Waals surface area contributed by atoms with Gasteiger partial charge in [-0.3, -0.25) is 0 Å². The normalized spacial score (nSPS) is 14.2. The first-order valence-electron chi connectivity index (χ1n) is 20.2. The van der Waals surface area contributed by atoms with Crippen LogP contribution in [0.15, 0.2) is 188 Å². The number of anilines is 3. The van der Waals surface area contributed by atoms with E-state index in [4.69, 9.17) is 0 Å². The summed E-state index contributed by atoms with van der Waals surface area (Å²) in [5, 5.41) is 5.10. The molecular weight excluding hydrogens is 687 g/mol. The summed E-state index contributed by atoms with van der Waals surface area (Å²) in [4.78, 5) is 2.52. The number of para-hydroxylation sites is 1. The Labute approximate surface area is 335 Å². The van der Waals surface area contributed by atoms with E-state index < -0.39 is 0 Å². The van der Waals surface area contributed by atoms with Crippen molar-refractivity contribution in [2.75, 3.05) is 4.90 Å². The molecule has 0 aliphatic heterocycles. The zero-order chi connectivity index (χ0) is 38.5. The van der Waals surface area contributed by atoms with Crippen LogP contribution in [0.2, 0.25) is 0 Å². The quantitative estimate of drug-likeness (QED) is 0.170. The number of hydrogen-bond donors (Lipinski definition) is 0. The third kappa shape index (κ3) is 4.95. The monoisotopic (exact) mass is 729 g/mol. The van der Waals surface area contributed by atoms with Gasteiger partial charge in [0.15, 0.2) is 0 Å². The van der Waals surface area contributed by atoms with Crippen molar-refractivity contribution in [3.05, 3.63) is 210 Å². The average molecular weight is 730 g/mol. The van der Waals surface area contributed by atoms with Crippen molar-refractivity contribution in [2.45, 2.75) is 38.5 Å². The van der Waals surface area contributed by atoms with E-state index in [0.717, 1.165) is 17.1 Å². The molecule has 0 atom stereocenters. The standard InChI is InChI=1S/C56H43N/c1-55(2)48-26-12-10-22-43(48)44-31-29-39(34-50(44)55)57(40-30-32-47-51(35-40)56(3,4)49-33-28-37-18-8-9-21-42(37)54(47)49)52-27-13-11-23-45(52)46-25-15-20-38-19-14-24-41(53(38)46)36-16-6-5-7-17-36/h5-35H,1-4H3. The maximum Gasteiger partial charge on any atom is 0.0540 e. The summed E-state index contributed by atoms with van der Waals surface area (Å²) in [6.45, 7) is 9.54. The summed E-state index contributed by atoms with van der Waals surface area (Å²) in [5.41, 5.74) is 18.9. The van der Waals surface area contributed by atoms with E-state index >= 15 is 0 Å². The second kappa shape index (κ2) is 12.4. The second-order valence-electron chi connectivity index (χ2n) is 16.9. The fourth-order valence-electron chi connectivity index (χ4n) is 10.2. The van der Waals surface area contributed by atoms with Gasteiger partial charge in [-0.15, -0.1) is 0 Å². The van der Waals surface area contributed by atoms with Gasteiger partial charge in [0.05, 0.1) is 5.69 Å². The van der Waals surface area contributed by atoms with E-state index in [1.165, 1.54) is 88.3 Å². The molecule has 11 rings (SSSR count). The number of fused-ring (bicyclic) bond motifs is 9. The van der Waals surface area contributed by atoms with Crippen molar-refractivity contribution >= 4 is 38.6 Å². The zero-order valence-corrected chi connectivity index (χ0v) is 32.8. The van der Waals surface area contributed by atoms with Gasteiger partial charge in [-0.1, -0.05) is 185 Å². The first kappa shape index (κ1) is 33.6. The molecule has 0 fully saturated rings. The highest BCUT2D eigenvalue weighted by molar-refractivity contribution is 6.09. The van der Waals surface area contributed by atoms with E-state index in [2.05, 4.69) is 221 Å². The molecule has 0 amide bonds. The molecule has 0 unspecified atom stereocenters. The number of nitrogens with zero attached hydrogens (tertiary/aromatic N) is 1. The van der Waals surface area contributed by atoms with Crippen molar-refractivity contribution < 1.29 is 0 Å². The Morgan fingerprint density at radius 2 is 0.912 bits per heavy atom. The fourth-order valence-corrected chi connectivity index (χ4v) is 10.2. The zero-order valence-electron chi connectivity index (χ0n) is 32.8. The van der Waals surface area contributed by atoms with Gasteiger partial charge >= 0.3 is 0 Å². The summed E-state index contributed by atoms with van der Waals surface area (Å²) in [6.07, 6.45) is 0. The highest BCUT2D eigenvalue weighted by Crippen LogP contribution is 2.55. The molecule has 0 N–H and O–H groups in total. The minimum Gasteiger partial charge on any atom is -0.310 e. The molecule has 1 heteroatoms. The van der Waals surface area contributed by atoms with Crippen LogP contribution in [0.5, 0.6) is 0 Å². The van der Waals surface area contributed by atoms with Crippen molar-refractivity contribution in [1.29, 1.82) is 0 Å². The molecule has 57 heavy (non-hydrogen) atoms. The van der Waals surface area contributed by atoms with Crippen molar-refractivity contribution in [3.8, 4) is 44.5 Å². The van der Waals surface area contributed by atoms with Crippen molar-refractivity contribution in [1.82, 2.24) is 0 Å². The van der Waals surface area contributed by atoms with Gasteiger partial charge in [-0.25, -0.2) is 0 Å². The van der Waals surface area contributed by atoms with Crippen LogP contribution in [-0.4, -0.2) is 0 Å². The number of benzene rings is 9. The summed E-state index contributed by atoms with van der Waals surface area (Å²) < 4.78 is 0. The van der Waals surface area contributed by atoms with Crippen molar-refractivity contribution in [3.63, 3.8) is 0 Å². The van der Waals surface area contributed by atoms with Crippen LogP contribution < -0.4 is 4.90 Å². The van der Waals surface area contributed by atoms with Crippen LogP contribution in [0.3, 0.4) is 0 Å². The number of rotatable bonds is 5. The molecule has 0 saturated heterocycles. The smallest absolute Gasteiger partial charge is 0.0540 e. The van der Waals surface area contributed by atoms with Gasteiger partial charge < -0.3 is 4.90 Å². The maximum atomic E-state index is 2.52. The predicted molar refractivity (Wildman–Crippen MR) is 242 cm³/mol. The molecule has 0 spiro atoms. The molecule has 1 nitrogen and oxygen atoms in total. The van der Waals surface area contributed by atoms with Gasteiger partial charge in [0.25, 0.3) is 0 Å². The van der Waals surface area contributed by atoms with Gasteiger partial charge in [0.1, 0.15) is 0 Å². The minimum atomic E-state index is -0.169. The second-order valence-corrected chi connectivity index (χ2v) is 16.9. The molecule has 0 saturated carbocycles. The predicted octanol–water partition coefficient (Wildman–Crippen LogP) is 15.4. The van der Waals surface area contributed by atoms with Gasteiger partial charge in [-0.05, 0) is 113 Å². The van der Waals surface area contributed by atoms with E-state index in [0.29, 0.717) is 0 Å². The molecule has 0 aromatic heterocycles. The maximum absolute atomic E-state index is 2.52. The Hall–Kier alpha value is -6.70. The molecule has 272 valence electrons. The molecule has 9 aromatic carbocycles. The lowest BCUT2D eigenvalue weighted by Gasteiger charge is -2.31. The SMILES string of the molecule is CC1(C)c2ccccc2-c2ccc(N(c3ccc4c(c3)C(C)(C)c3ccc5ccccc5c3-4)c3ccccc3-c3cccc4cccc(-c5ccccc5)c34)cc21. The number of hydrogen-bond acceptors (Lipinski definition) is 1. The molecule has 2 aliphatic carbocycles. The highest BCUT2D eigenvalue weighted by Gasteiger charge is 2.38. The van der Waals surface area contributed by atoms with Crippen LogP contribution in [0.1, 0.15) is 49.9 Å². The summed E-state index contributed by atoms with van der Waals surface area (Å²) >= 11 is 0. The first-order valence-corrected chi connectivity index (χ1v) is 20.2. The van der Waals surface area contributed by atoms with Gasteiger partial charge in [0.2, 0.25) is 0 Å². The third-order valence-electron chi connectivity index (χ3n) is 13.1. The molecule has 0 heterocycles. The summed E-state index contributed by atoms with van der Waals surface area (Å²) in [5.74, 6) is 0. The van der Waals surface area contributed by atoms with Crippen LogP contribution in [0.4, 0.5) is 17.1 Å². The van der Waals surface area contributed by atoms with Gasteiger partial charge in [0, 0.05) is 27.8 Å². The highest BCUT2D eigenvalue weighted by atomic mass is 15.1. The molecular formula is C56H43N. The van der Waals surface area contributed by atoms with E-state index in [1.54, 1.807) is 0 Å². The average Bonchev–Trinajstić information content (AvgIpc) is 3.63. The van der Waals surface area contributed by atoms with Crippen LogP contribution in [0, 0.1) is 0 Å². The van der Waals surface area contributed by atoms with Crippen LogP contribution in [-0.2, 0) is 10.8 Å². The third-order valence-corrected chi connectivity index (χ3v) is 13.1. The van der Waals surface area contributed by atoms with E-state index in [9.17, 15) is 0 Å². The Morgan fingerprint density at radius 3 is 1.70 bits per heavy atom.